The van der Waals surface area contributed by atoms with Crippen LogP contribution in [0.5, 0.6) is 0 Å². The first-order chi connectivity index (χ1) is 37.6. The molecule has 2 aliphatic rings. The van der Waals surface area contributed by atoms with Gasteiger partial charge in [0, 0.05) is 6.42 Å². The predicted molar refractivity (Wildman–Crippen MR) is 309 cm³/mol. The smallest absolute Gasteiger partial charge is 0.220 e. The zero-order chi connectivity index (χ0) is 56.0. The summed E-state index contributed by atoms with van der Waals surface area (Å²) in [7, 11) is 0. The first-order valence-electron chi connectivity index (χ1n) is 31.0. The molecular weight excluding hydrogens is 979 g/mol. The van der Waals surface area contributed by atoms with Gasteiger partial charge in [-0.25, -0.2) is 0 Å². The molecule has 2 rings (SSSR count). The Bertz CT molecular complexity index is 1520. The number of hydrogen-bond acceptors (Lipinski definition) is 13. The zero-order valence-electron chi connectivity index (χ0n) is 48.2. The molecule has 2 aliphatic heterocycles. The van der Waals surface area contributed by atoms with Crippen molar-refractivity contribution < 1.29 is 64.6 Å². The number of aliphatic hydroxyl groups excluding tert-OH is 8. The molecule has 1 amide bonds. The van der Waals surface area contributed by atoms with E-state index in [1.54, 1.807) is 6.08 Å². The molecule has 0 spiro atoms. The molecule has 2 heterocycles. The van der Waals surface area contributed by atoms with E-state index in [2.05, 4.69) is 67.8 Å². The molecule has 0 aliphatic carbocycles. The summed E-state index contributed by atoms with van der Waals surface area (Å²) in [6, 6.07) is -0.936. The van der Waals surface area contributed by atoms with Crippen LogP contribution >= 0.6 is 0 Å². The number of allylic oxidation sites excluding steroid dienone is 9. The van der Waals surface area contributed by atoms with Crippen LogP contribution in [0.25, 0.3) is 0 Å². The Labute approximate surface area is 466 Å². The van der Waals surface area contributed by atoms with Crippen molar-refractivity contribution in [1.82, 2.24) is 5.32 Å². The van der Waals surface area contributed by atoms with Crippen LogP contribution in [-0.2, 0) is 23.7 Å². The lowest BCUT2D eigenvalue weighted by Crippen LogP contribution is -2.65. The highest BCUT2D eigenvalue weighted by molar-refractivity contribution is 5.76. The van der Waals surface area contributed by atoms with Crippen LogP contribution in [0.2, 0.25) is 0 Å². The summed E-state index contributed by atoms with van der Waals surface area (Å²) in [6.45, 7) is 2.63. The number of hydrogen-bond donors (Lipinski definition) is 9. The van der Waals surface area contributed by atoms with Gasteiger partial charge < -0.3 is 65.1 Å². The molecule has 0 radical (unpaired) electrons. The summed E-state index contributed by atoms with van der Waals surface area (Å²) in [5, 5.41) is 86.8. The van der Waals surface area contributed by atoms with Crippen LogP contribution in [0.1, 0.15) is 239 Å². The van der Waals surface area contributed by atoms with E-state index < -0.39 is 86.8 Å². The predicted octanol–water partition coefficient (Wildman–Crippen LogP) is 10.9. The number of nitrogens with one attached hydrogen (secondary N) is 1. The fourth-order valence-electron chi connectivity index (χ4n) is 9.95. The Hall–Kier alpha value is -2.31. The van der Waals surface area contributed by atoms with Gasteiger partial charge in [0.2, 0.25) is 5.91 Å². The quantitative estimate of drug-likeness (QED) is 0.0204. The highest BCUT2D eigenvalue weighted by Crippen LogP contribution is 2.30. The van der Waals surface area contributed by atoms with Gasteiger partial charge in [0.1, 0.15) is 48.8 Å². The molecular formula is C63H113NO13. The Morgan fingerprint density at radius 1 is 0.481 bits per heavy atom. The van der Waals surface area contributed by atoms with Crippen LogP contribution in [0, 0.1) is 0 Å². The van der Waals surface area contributed by atoms with Crippen LogP contribution < -0.4 is 5.32 Å². The first kappa shape index (κ1) is 70.8. The largest absolute Gasteiger partial charge is 0.394 e. The third-order valence-corrected chi connectivity index (χ3v) is 14.9. The Kier molecular flexibility index (Phi) is 44.5. The van der Waals surface area contributed by atoms with Gasteiger partial charge in [0.15, 0.2) is 12.6 Å². The van der Waals surface area contributed by atoms with Crippen LogP contribution in [-0.4, -0.2) is 140 Å². The number of amides is 1. The van der Waals surface area contributed by atoms with Crippen molar-refractivity contribution in [1.29, 1.82) is 0 Å². The third kappa shape index (κ3) is 33.9. The van der Waals surface area contributed by atoms with Crippen LogP contribution in [0.15, 0.2) is 60.8 Å². The number of aliphatic hydroxyl groups is 8. The molecule has 77 heavy (non-hydrogen) atoms. The molecule has 12 unspecified atom stereocenters. The van der Waals surface area contributed by atoms with Crippen LogP contribution in [0.3, 0.4) is 0 Å². The summed E-state index contributed by atoms with van der Waals surface area (Å²) < 4.78 is 22.7. The highest BCUT2D eigenvalue weighted by atomic mass is 16.7. The molecule has 2 fully saturated rings. The fourth-order valence-corrected chi connectivity index (χ4v) is 9.95. The minimum absolute atomic E-state index is 0.254. The molecule has 2 saturated heterocycles. The van der Waals surface area contributed by atoms with Gasteiger partial charge in [-0.3, -0.25) is 4.79 Å². The maximum Gasteiger partial charge on any atom is 0.220 e. The van der Waals surface area contributed by atoms with Crippen LogP contribution in [0.4, 0.5) is 0 Å². The molecule has 448 valence electrons. The summed E-state index contributed by atoms with van der Waals surface area (Å²) in [6.07, 6.45) is 46.0. The number of carbonyl (C=O) groups is 1. The zero-order valence-corrected chi connectivity index (χ0v) is 48.2. The molecule has 0 aromatic heterocycles. The Balaban J connectivity index is 1.60. The summed E-state index contributed by atoms with van der Waals surface area (Å²) >= 11 is 0. The van der Waals surface area contributed by atoms with Crippen molar-refractivity contribution in [3.05, 3.63) is 60.8 Å². The average molecular weight is 1090 g/mol. The lowest BCUT2D eigenvalue weighted by atomic mass is 9.97. The number of rotatable bonds is 49. The molecule has 0 saturated carbocycles. The van der Waals surface area contributed by atoms with Gasteiger partial charge in [-0.15, -0.1) is 0 Å². The Morgan fingerprint density at radius 3 is 1.40 bits per heavy atom. The van der Waals surface area contributed by atoms with E-state index in [0.29, 0.717) is 12.8 Å². The van der Waals surface area contributed by atoms with Gasteiger partial charge in [0.25, 0.3) is 0 Å². The summed E-state index contributed by atoms with van der Waals surface area (Å²) in [5.41, 5.74) is 0. The van der Waals surface area contributed by atoms with E-state index >= 15 is 0 Å². The monoisotopic (exact) mass is 1090 g/mol. The van der Waals surface area contributed by atoms with Crippen molar-refractivity contribution in [3.8, 4) is 0 Å². The van der Waals surface area contributed by atoms with Gasteiger partial charge in [0.05, 0.1) is 32.0 Å². The van der Waals surface area contributed by atoms with E-state index in [4.69, 9.17) is 18.9 Å². The normalized spacial score (nSPS) is 25.1. The molecule has 0 bridgehead atoms. The average Bonchev–Trinajstić information content (AvgIpc) is 3.44. The number of ether oxygens (including phenoxy) is 4. The van der Waals surface area contributed by atoms with Crippen molar-refractivity contribution >= 4 is 5.91 Å². The van der Waals surface area contributed by atoms with Crippen molar-refractivity contribution in [2.75, 3.05) is 19.8 Å². The highest BCUT2D eigenvalue weighted by Gasteiger charge is 2.51. The maximum atomic E-state index is 13.2. The molecule has 12 atom stereocenters. The number of carbonyl (C=O) groups excluding carboxylic acids is 1. The second-order valence-electron chi connectivity index (χ2n) is 21.8. The molecule has 14 heteroatoms. The van der Waals surface area contributed by atoms with E-state index in [9.17, 15) is 45.6 Å². The SMILES string of the molecule is CC/C=C/CC/C=C/CC/C=C/C(O)C(COC1OC(CO)C(OC2OC(CO)C(O)C(O)C2O)C(O)C1O)NC(=O)CCCCCCCCCCCCCCCCCCCCCCC/C=C\C/C=C\CCCCCCC. The maximum absolute atomic E-state index is 13.2. The number of unbranched alkanes of at least 4 members (excludes halogenated alkanes) is 28. The van der Waals surface area contributed by atoms with Gasteiger partial charge >= 0.3 is 0 Å². The molecule has 0 aromatic carbocycles. The lowest BCUT2D eigenvalue weighted by molar-refractivity contribution is -0.359. The Morgan fingerprint density at radius 2 is 0.909 bits per heavy atom. The molecule has 0 aromatic rings. The van der Waals surface area contributed by atoms with E-state index in [-0.39, 0.29) is 18.9 Å². The fraction of sp³-hybridized carbons (Fsp3) is 0.825. The molecule has 14 nitrogen and oxygen atoms in total. The van der Waals surface area contributed by atoms with Gasteiger partial charge in [-0.2, -0.15) is 0 Å². The minimum atomic E-state index is -1.79. The molecule has 9 N–H and O–H groups in total. The van der Waals surface area contributed by atoms with E-state index in [1.165, 1.54) is 154 Å². The van der Waals surface area contributed by atoms with Crippen molar-refractivity contribution in [3.63, 3.8) is 0 Å². The first-order valence-corrected chi connectivity index (χ1v) is 31.0. The lowest BCUT2D eigenvalue weighted by Gasteiger charge is -2.46. The van der Waals surface area contributed by atoms with Gasteiger partial charge in [-0.1, -0.05) is 222 Å². The van der Waals surface area contributed by atoms with Crippen molar-refractivity contribution in [2.45, 2.75) is 312 Å². The summed E-state index contributed by atoms with van der Waals surface area (Å²) in [4.78, 5) is 13.2. The van der Waals surface area contributed by atoms with E-state index in [1.807, 2.05) is 6.08 Å². The standard InChI is InChI=1S/C63H113NO13/c1-3-5-7-9-11-13-15-16-17-18-19-20-21-22-23-24-25-26-27-28-29-30-31-32-33-34-35-36-37-39-41-43-45-47-55(68)64-51(52(67)46-44-42-40-38-14-12-10-8-6-4-2)50-74-62-60(73)58(71)61(54(49-66)76-62)77-63-59(72)57(70)56(69)53(48-65)75-63/h6,8,14-16,18-19,38,44,46,51-54,56-63,65-67,69-73H,3-5,7,9-13,17,20-37,39-43,45,47-50H2,1-2H3,(H,64,68)/b8-6+,16-15-,19-18-,38-14+,46-44+. The topological polar surface area (TPSA) is 228 Å². The summed E-state index contributed by atoms with van der Waals surface area (Å²) in [5.74, 6) is -0.254. The second kappa shape index (κ2) is 48.4. The third-order valence-electron chi connectivity index (χ3n) is 14.9. The minimum Gasteiger partial charge on any atom is -0.394 e. The van der Waals surface area contributed by atoms with Gasteiger partial charge in [-0.05, 0) is 70.6 Å². The van der Waals surface area contributed by atoms with E-state index in [0.717, 1.165) is 51.4 Å². The second-order valence-corrected chi connectivity index (χ2v) is 21.8. The van der Waals surface area contributed by atoms with Crippen molar-refractivity contribution in [2.24, 2.45) is 0 Å².